The summed E-state index contributed by atoms with van der Waals surface area (Å²) in [5.74, 6) is -0.983. The maximum atomic E-state index is 13.8. The number of carbonyl (C=O) groups excluding carboxylic acids is 2. The molecule has 5 rings (SSSR count). The molecule has 2 atom stereocenters. The van der Waals surface area contributed by atoms with E-state index in [1.807, 2.05) is 24.3 Å². The number of allylic oxidation sites excluding steroid dienone is 3. The van der Waals surface area contributed by atoms with E-state index in [2.05, 4.69) is 5.32 Å². The molecular formula is C30H29NO6. The van der Waals surface area contributed by atoms with Gasteiger partial charge < -0.3 is 19.2 Å². The first-order valence-electron chi connectivity index (χ1n) is 12.4. The summed E-state index contributed by atoms with van der Waals surface area (Å²) < 4.78 is 16.9. The second kappa shape index (κ2) is 9.73. The third kappa shape index (κ3) is 4.35. The summed E-state index contributed by atoms with van der Waals surface area (Å²) >= 11 is 0. The highest BCUT2D eigenvalue weighted by Gasteiger charge is 2.43. The number of ketones is 1. The molecule has 190 valence electrons. The van der Waals surface area contributed by atoms with Crippen molar-refractivity contribution in [2.24, 2.45) is 0 Å². The number of esters is 1. The van der Waals surface area contributed by atoms with Crippen molar-refractivity contribution in [1.82, 2.24) is 5.32 Å². The summed E-state index contributed by atoms with van der Waals surface area (Å²) in [5.41, 5.74) is 3.26. The van der Waals surface area contributed by atoms with Crippen LogP contribution in [0.2, 0.25) is 0 Å². The Bertz CT molecular complexity index is 1530. The van der Waals surface area contributed by atoms with Crippen LogP contribution in [0.25, 0.3) is 11.0 Å². The van der Waals surface area contributed by atoms with Crippen LogP contribution in [0.1, 0.15) is 56.6 Å². The van der Waals surface area contributed by atoms with E-state index in [4.69, 9.17) is 13.9 Å². The van der Waals surface area contributed by atoms with Gasteiger partial charge in [0.2, 0.25) is 0 Å². The van der Waals surface area contributed by atoms with Gasteiger partial charge in [-0.05, 0) is 51.0 Å². The molecule has 2 heterocycles. The van der Waals surface area contributed by atoms with Crippen molar-refractivity contribution in [1.29, 1.82) is 0 Å². The molecule has 2 aromatic carbocycles. The third-order valence-electron chi connectivity index (χ3n) is 6.99. The number of rotatable bonds is 5. The van der Waals surface area contributed by atoms with E-state index in [0.717, 1.165) is 11.3 Å². The molecule has 1 aliphatic heterocycles. The van der Waals surface area contributed by atoms with Gasteiger partial charge in [-0.2, -0.15) is 0 Å². The Balaban J connectivity index is 1.67. The zero-order chi connectivity index (χ0) is 26.3. The van der Waals surface area contributed by atoms with Crippen molar-refractivity contribution in [3.8, 4) is 5.75 Å². The average Bonchev–Trinajstić information content (AvgIpc) is 2.87. The highest BCUT2D eigenvalue weighted by molar-refractivity contribution is 6.04. The quantitative estimate of drug-likeness (QED) is 0.487. The number of benzene rings is 2. The van der Waals surface area contributed by atoms with E-state index in [1.165, 1.54) is 6.26 Å². The fraction of sp³-hybridized carbons (Fsp3) is 0.300. The van der Waals surface area contributed by atoms with Crippen molar-refractivity contribution < 1.29 is 23.5 Å². The Kier molecular flexibility index (Phi) is 6.46. The standard InChI is InChI=1S/C30H29NO6/c1-16(2)37-30(34)26-17(3)31-22-13-18(19-9-5-7-11-24(19)35-4)14-23(32)28(22)27(26)21-15-36-25-12-8-6-10-20(25)29(21)33/h5-12,15-16,18,27,31H,13-14H2,1-4H3/t18-,27+/m0/s1. The van der Waals surface area contributed by atoms with E-state index in [-0.39, 0.29) is 40.8 Å². The van der Waals surface area contributed by atoms with Gasteiger partial charge in [0.1, 0.15) is 11.3 Å². The van der Waals surface area contributed by atoms with Crippen molar-refractivity contribution in [3.63, 3.8) is 0 Å². The Morgan fingerprint density at radius 1 is 1.03 bits per heavy atom. The van der Waals surface area contributed by atoms with Crippen molar-refractivity contribution in [2.45, 2.75) is 51.6 Å². The molecule has 1 aliphatic carbocycles. The molecule has 0 bridgehead atoms. The maximum absolute atomic E-state index is 13.8. The van der Waals surface area contributed by atoms with E-state index < -0.39 is 11.9 Å². The molecule has 1 aromatic heterocycles. The Morgan fingerprint density at radius 3 is 2.51 bits per heavy atom. The van der Waals surface area contributed by atoms with Crippen molar-refractivity contribution in [2.75, 3.05) is 7.11 Å². The lowest BCUT2D eigenvalue weighted by Crippen LogP contribution is -2.38. The number of nitrogens with one attached hydrogen (secondary N) is 1. The number of hydrogen-bond donors (Lipinski definition) is 1. The molecule has 7 heteroatoms. The van der Waals surface area contributed by atoms with E-state index in [0.29, 0.717) is 34.4 Å². The summed E-state index contributed by atoms with van der Waals surface area (Å²) in [5, 5.41) is 3.70. The lowest BCUT2D eigenvalue weighted by atomic mass is 9.71. The number of fused-ring (bicyclic) bond motifs is 1. The van der Waals surface area contributed by atoms with Gasteiger partial charge in [-0.25, -0.2) is 4.79 Å². The number of hydrogen-bond acceptors (Lipinski definition) is 7. The van der Waals surface area contributed by atoms with Crippen LogP contribution < -0.4 is 15.5 Å². The number of Topliss-reactive ketones (excluding diaryl/α,β-unsaturated/α-hetero) is 1. The number of para-hydroxylation sites is 2. The minimum absolute atomic E-state index is 0.111. The summed E-state index contributed by atoms with van der Waals surface area (Å²) in [4.78, 5) is 40.8. The molecule has 0 amide bonds. The predicted molar refractivity (Wildman–Crippen MR) is 139 cm³/mol. The molecule has 37 heavy (non-hydrogen) atoms. The van der Waals surface area contributed by atoms with Gasteiger partial charge in [0, 0.05) is 34.9 Å². The molecule has 3 aromatic rings. The van der Waals surface area contributed by atoms with Gasteiger partial charge in [-0.15, -0.1) is 0 Å². The Hall–Kier alpha value is -4.13. The van der Waals surface area contributed by atoms with Crippen molar-refractivity contribution >= 4 is 22.7 Å². The monoisotopic (exact) mass is 499 g/mol. The summed E-state index contributed by atoms with van der Waals surface area (Å²) in [6.45, 7) is 5.29. The van der Waals surface area contributed by atoms with Crippen LogP contribution in [0, 0.1) is 0 Å². The van der Waals surface area contributed by atoms with Crippen molar-refractivity contribution in [3.05, 3.63) is 98.7 Å². The number of methoxy groups -OCH3 is 1. The van der Waals surface area contributed by atoms with Gasteiger partial charge in [-0.3, -0.25) is 9.59 Å². The van der Waals surface area contributed by atoms with Gasteiger partial charge in [-0.1, -0.05) is 30.3 Å². The summed E-state index contributed by atoms with van der Waals surface area (Å²) in [6.07, 6.45) is 1.76. The first-order chi connectivity index (χ1) is 17.8. The molecule has 0 saturated heterocycles. The lowest BCUT2D eigenvalue weighted by Gasteiger charge is -2.36. The Labute approximate surface area is 214 Å². The molecule has 2 aliphatic rings. The first kappa shape index (κ1) is 24.6. The molecule has 0 radical (unpaired) electrons. The minimum Gasteiger partial charge on any atom is -0.496 e. The largest absolute Gasteiger partial charge is 0.496 e. The fourth-order valence-corrected chi connectivity index (χ4v) is 5.41. The Morgan fingerprint density at radius 2 is 1.76 bits per heavy atom. The second-order valence-corrected chi connectivity index (χ2v) is 9.73. The lowest BCUT2D eigenvalue weighted by molar-refractivity contribution is -0.143. The summed E-state index contributed by atoms with van der Waals surface area (Å²) in [6, 6.07) is 14.6. The molecule has 0 spiro atoms. The number of dihydropyridines is 1. The highest BCUT2D eigenvalue weighted by Crippen LogP contribution is 2.46. The molecule has 7 nitrogen and oxygen atoms in total. The van der Waals surface area contributed by atoms with Gasteiger partial charge in [0.25, 0.3) is 0 Å². The molecule has 0 fully saturated rings. The normalized spacial score (nSPS) is 19.6. The van der Waals surface area contributed by atoms with Crippen LogP contribution in [0.3, 0.4) is 0 Å². The second-order valence-electron chi connectivity index (χ2n) is 9.73. The van der Waals surface area contributed by atoms with Gasteiger partial charge >= 0.3 is 5.97 Å². The minimum atomic E-state index is -0.894. The smallest absolute Gasteiger partial charge is 0.337 e. The van der Waals surface area contributed by atoms with Crippen LogP contribution in [-0.2, 0) is 14.3 Å². The SMILES string of the molecule is COc1ccccc1[C@@H]1CC(=O)C2=C(C1)NC(C)=C(C(=O)OC(C)C)[C@H]2c1coc2ccccc2c1=O. The van der Waals surface area contributed by atoms with E-state index in [9.17, 15) is 14.4 Å². The molecule has 0 saturated carbocycles. The fourth-order valence-electron chi connectivity index (χ4n) is 5.41. The zero-order valence-electron chi connectivity index (χ0n) is 21.3. The maximum Gasteiger partial charge on any atom is 0.337 e. The average molecular weight is 500 g/mol. The van der Waals surface area contributed by atoms with Gasteiger partial charge in [0.15, 0.2) is 11.2 Å². The van der Waals surface area contributed by atoms with Crippen LogP contribution >= 0.6 is 0 Å². The summed E-state index contributed by atoms with van der Waals surface area (Å²) in [7, 11) is 1.61. The highest BCUT2D eigenvalue weighted by atomic mass is 16.5. The van der Waals surface area contributed by atoms with Crippen LogP contribution in [0.4, 0.5) is 0 Å². The van der Waals surface area contributed by atoms with Crippen LogP contribution in [0.5, 0.6) is 5.75 Å². The van der Waals surface area contributed by atoms with Crippen LogP contribution in [-0.4, -0.2) is 25.0 Å². The third-order valence-corrected chi connectivity index (χ3v) is 6.99. The van der Waals surface area contributed by atoms with Crippen LogP contribution in [0.15, 0.2) is 86.5 Å². The molecule has 1 N–H and O–H groups in total. The predicted octanol–water partition coefficient (Wildman–Crippen LogP) is 5.11. The topological polar surface area (TPSA) is 94.8 Å². The molecular weight excluding hydrogens is 470 g/mol. The number of ether oxygens (including phenoxy) is 2. The van der Waals surface area contributed by atoms with E-state index >= 15 is 0 Å². The number of carbonyl (C=O) groups is 2. The molecule has 0 unspecified atom stereocenters. The first-order valence-corrected chi connectivity index (χ1v) is 12.4. The van der Waals surface area contributed by atoms with Gasteiger partial charge in [0.05, 0.1) is 36.4 Å². The zero-order valence-corrected chi connectivity index (χ0v) is 21.3. The van der Waals surface area contributed by atoms with E-state index in [1.54, 1.807) is 52.1 Å².